The average molecular weight is 279 g/mol. The van der Waals surface area contributed by atoms with Crippen molar-refractivity contribution in [1.29, 1.82) is 0 Å². The van der Waals surface area contributed by atoms with Crippen molar-refractivity contribution in [2.24, 2.45) is 0 Å². The van der Waals surface area contributed by atoms with Crippen LogP contribution in [-0.2, 0) is 0 Å². The lowest BCUT2D eigenvalue weighted by Crippen LogP contribution is -2.30. The van der Waals surface area contributed by atoms with Gasteiger partial charge in [0.05, 0.1) is 0 Å². The second-order valence-electron chi connectivity index (χ2n) is 4.70. The van der Waals surface area contributed by atoms with Gasteiger partial charge in [0.15, 0.2) is 0 Å². The molecule has 1 atom stereocenters. The van der Waals surface area contributed by atoms with Gasteiger partial charge in [0.25, 0.3) is 5.91 Å². The molecule has 5 heteroatoms. The van der Waals surface area contributed by atoms with E-state index >= 15 is 0 Å². The zero-order chi connectivity index (χ0) is 13.5. The van der Waals surface area contributed by atoms with Crippen LogP contribution in [0.5, 0.6) is 0 Å². The molecule has 0 aromatic carbocycles. The largest absolute Gasteiger partial charge is 0.385 e. The highest BCUT2D eigenvalue weighted by atomic mass is 32.2. The number of aromatic nitrogens is 1. The molecule has 1 unspecified atom stereocenters. The fourth-order valence-corrected chi connectivity index (χ4v) is 3.24. The maximum Gasteiger partial charge on any atom is 0.269 e. The van der Waals surface area contributed by atoms with Gasteiger partial charge < -0.3 is 10.6 Å². The van der Waals surface area contributed by atoms with E-state index in [0.717, 1.165) is 25.2 Å². The molecule has 1 aromatic rings. The molecule has 1 fully saturated rings. The SMILES string of the molecule is CCCNc1ccnc(C(=O)NCC2CCCS2)c1. The summed E-state index contributed by atoms with van der Waals surface area (Å²) < 4.78 is 0. The summed E-state index contributed by atoms with van der Waals surface area (Å²) in [6.07, 6.45) is 5.20. The molecule has 0 saturated carbocycles. The minimum absolute atomic E-state index is 0.0763. The van der Waals surface area contributed by atoms with Gasteiger partial charge in [-0.2, -0.15) is 11.8 Å². The van der Waals surface area contributed by atoms with E-state index < -0.39 is 0 Å². The number of anilines is 1. The van der Waals surface area contributed by atoms with Crippen molar-refractivity contribution in [1.82, 2.24) is 10.3 Å². The first kappa shape index (κ1) is 14.2. The minimum Gasteiger partial charge on any atom is -0.385 e. The number of rotatable bonds is 6. The van der Waals surface area contributed by atoms with E-state index in [0.29, 0.717) is 10.9 Å². The fraction of sp³-hybridized carbons (Fsp3) is 0.571. The summed E-state index contributed by atoms with van der Waals surface area (Å²) >= 11 is 1.95. The Morgan fingerprint density at radius 2 is 2.47 bits per heavy atom. The fourth-order valence-electron chi connectivity index (χ4n) is 2.04. The number of carbonyl (C=O) groups excluding carboxylic acids is 1. The van der Waals surface area contributed by atoms with Crippen LogP contribution in [0.25, 0.3) is 0 Å². The van der Waals surface area contributed by atoms with Gasteiger partial charge in [-0.05, 0) is 37.1 Å². The van der Waals surface area contributed by atoms with Gasteiger partial charge in [0.2, 0.25) is 0 Å². The normalized spacial score (nSPS) is 18.3. The van der Waals surface area contributed by atoms with Gasteiger partial charge in [0.1, 0.15) is 5.69 Å². The molecular formula is C14H21N3OS. The van der Waals surface area contributed by atoms with Crippen molar-refractivity contribution < 1.29 is 4.79 Å². The molecule has 1 aliphatic rings. The maximum atomic E-state index is 12.0. The van der Waals surface area contributed by atoms with Crippen molar-refractivity contribution in [2.75, 3.05) is 24.2 Å². The standard InChI is InChI=1S/C14H21N3OS/c1-2-6-15-11-5-7-16-13(9-11)14(18)17-10-12-4-3-8-19-12/h5,7,9,12H,2-4,6,8,10H2,1H3,(H,15,16)(H,17,18). The summed E-state index contributed by atoms with van der Waals surface area (Å²) in [7, 11) is 0. The first-order valence-corrected chi connectivity index (χ1v) is 7.94. The Kier molecular flexibility index (Phi) is 5.51. The number of thioether (sulfide) groups is 1. The van der Waals surface area contributed by atoms with E-state index in [-0.39, 0.29) is 5.91 Å². The Hall–Kier alpha value is -1.23. The lowest BCUT2D eigenvalue weighted by Gasteiger charge is -2.10. The van der Waals surface area contributed by atoms with Crippen molar-refractivity contribution in [3.63, 3.8) is 0 Å². The first-order chi connectivity index (χ1) is 9.29. The number of carbonyl (C=O) groups is 1. The molecule has 0 bridgehead atoms. The predicted molar refractivity (Wildman–Crippen MR) is 80.8 cm³/mol. The summed E-state index contributed by atoms with van der Waals surface area (Å²) in [6, 6.07) is 3.70. The van der Waals surface area contributed by atoms with Crippen LogP contribution in [0, 0.1) is 0 Å². The van der Waals surface area contributed by atoms with Gasteiger partial charge >= 0.3 is 0 Å². The van der Waals surface area contributed by atoms with Crippen LogP contribution < -0.4 is 10.6 Å². The highest BCUT2D eigenvalue weighted by molar-refractivity contribution is 8.00. The summed E-state index contributed by atoms with van der Waals surface area (Å²) in [4.78, 5) is 16.2. The Morgan fingerprint density at radius 3 is 3.21 bits per heavy atom. The molecule has 1 amide bonds. The molecule has 0 spiro atoms. The smallest absolute Gasteiger partial charge is 0.269 e. The monoisotopic (exact) mass is 279 g/mol. The molecule has 104 valence electrons. The summed E-state index contributed by atoms with van der Waals surface area (Å²) in [6.45, 7) is 3.77. The number of hydrogen-bond acceptors (Lipinski definition) is 4. The van der Waals surface area contributed by atoms with Gasteiger partial charge in [-0.25, -0.2) is 0 Å². The molecule has 1 aromatic heterocycles. The minimum atomic E-state index is -0.0763. The van der Waals surface area contributed by atoms with Crippen LogP contribution in [0.1, 0.15) is 36.7 Å². The topological polar surface area (TPSA) is 54.0 Å². The lowest BCUT2D eigenvalue weighted by molar-refractivity contribution is 0.0949. The quantitative estimate of drug-likeness (QED) is 0.840. The molecule has 2 rings (SSSR count). The maximum absolute atomic E-state index is 12.0. The second-order valence-corrected chi connectivity index (χ2v) is 6.11. The Morgan fingerprint density at radius 1 is 1.58 bits per heavy atom. The number of nitrogens with one attached hydrogen (secondary N) is 2. The van der Waals surface area contributed by atoms with Crippen molar-refractivity contribution in [3.05, 3.63) is 24.0 Å². The Bertz CT molecular complexity index is 419. The Labute approximate surface area is 118 Å². The van der Waals surface area contributed by atoms with Crippen LogP contribution in [0.4, 0.5) is 5.69 Å². The number of amides is 1. The zero-order valence-corrected chi connectivity index (χ0v) is 12.1. The number of pyridine rings is 1. The van der Waals surface area contributed by atoms with E-state index in [1.54, 1.807) is 6.20 Å². The Balaban J connectivity index is 1.86. The third-order valence-corrected chi connectivity index (χ3v) is 4.48. The molecule has 0 aliphatic carbocycles. The summed E-state index contributed by atoms with van der Waals surface area (Å²) in [5, 5.41) is 6.81. The predicted octanol–water partition coefficient (Wildman–Crippen LogP) is 2.53. The van der Waals surface area contributed by atoms with Gasteiger partial charge in [-0.15, -0.1) is 0 Å². The second kappa shape index (κ2) is 7.38. The molecule has 2 N–H and O–H groups in total. The highest BCUT2D eigenvalue weighted by Gasteiger charge is 2.17. The van der Waals surface area contributed by atoms with Crippen molar-refractivity contribution in [3.8, 4) is 0 Å². The van der Waals surface area contributed by atoms with E-state index in [9.17, 15) is 4.79 Å². The number of nitrogens with zero attached hydrogens (tertiary/aromatic N) is 1. The van der Waals surface area contributed by atoms with Crippen LogP contribution in [0.15, 0.2) is 18.3 Å². The van der Waals surface area contributed by atoms with Gasteiger partial charge in [-0.1, -0.05) is 6.92 Å². The van der Waals surface area contributed by atoms with Crippen LogP contribution in [-0.4, -0.2) is 35.0 Å². The number of hydrogen-bond donors (Lipinski definition) is 2. The molecule has 0 radical (unpaired) electrons. The zero-order valence-electron chi connectivity index (χ0n) is 11.3. The van der Waals surface area contributed by atoms with Crippen molar-refractivity contribution >= 4 is 23.4 Å². The molecule has 1 saturated heterocycles. The first-order valence-electron chi connectivity index (χ1n) is 6.89. The van der Waals surface area contributed by atoms with Crippen LogP contribution in [0.3, 0.4) is 0 Å². The summed E-state index contributed by atoms with van der Waals surface area (Å²) in [5.74, 6) is 1.14. The summed E-state index contributed by atoms with van der Waals surface area (Å²) in [5.41, 5.74) is 1.45. The molecule has 1 aliphatic heterocycles. The van der Waals surface area contributed by atoms with Gasteiger partial charge in [0, 0.05) is 30.2 Å². The average Bonchev–Trinajstić information content (AvgIpc) is 2.96. The molecule has 2 heterocycles. The third kappa shape index (κ3) is 4.42. The van der Waals surface area contributed by atoms with E-state index in [1.165, 1.54) is 18.6 Å². The molecule has 4 nitrogen and oxygen atoms in total. The van der Waals surface area contributed by atoms with Crippen molar-refractivity contribution in [2.45, 2.75) is 31.4 Å². The van der Waals surface area contributed by atoms with E-state index in [1.807, 2.05) is 23.9 Å². The lowest BCUT2D eigenvalue weighted by atomic mass is 10.2. The third-order valence-electron chi connectivity index (χ3n) is 3.09. The molecule has 19 heavy (non-hydrogen) atoms. The highest BCUT2D eigenvalue weighted by Crippen LogP contribution is 2.25. The molecular weight excluding hydrogens is 258 g/mol. The van der Waals surface area contributed by atoms with E-state index in [2.05, 4.69) is 22.5 Å². The van der Waals surface area contributed by atoms with E-state index in [4.69, 9.17) is 0 Å². The van der Waals surface area contributed by atoms with Gasteiger partial charge in [-0.3, -0.25) is 9.78 Å². The van der Waals surface area contributed by atoms with Crippen LogP contribution in [0.2, 0.25) is 0 Å². The van der Waals surface area contributed by atoms with Crippen LogP contribution >= 0.6 is 11.8 Å².